The molecule has 0 saturated carbocycles. The highest BCUT2D eigenvalue weighted by Gasteiger charge is 2.24. The van der Waals surface area contributed by atoms with Crippen LogP contribution in [0.5, 0.6) is 0 Å². The lowest BCUT2D eigenvalue weighted by atomic mass is 9.75. The Labute approximate surface area is 111 Å². The van der Waals surface area contributed by atoms with Gasteiger partial charge in [-0.05, 0) is 31.2 Å². The summed E-state index contributed by atoms with van der Waals surface area (Å²) in [5, 5.41) is 0. The summed E-state index contributed by atoms with van der Waals surface area (Å²) in [6, 6.07) is 10.6. The standard InChI is InChI=1S/C18H24/c1-2-3-13-18(14-8-5-9-15-18)16-12-17-10-6-4-7-11-17/h4,6-8,10-12,14,16H,2-3,5,9,13,15H2,1H3/b16-12+. The monoisotopic (exact) mass is 240 g/mol. The second kappa shape index (κ2) is 6.58. The predicted molar refractivity (Wildman–Crippen MR) is 80.4 cm³/mol. The molecular weight excluding hydrogens is 216 g/mol. The molecule has 0 bridgehead atoms. The van der Waals surface area contributed by atoms with E-state index in [4.69, 9.17) is 0 Å². The molecule has 1 atom stereocenters. The van der Waals surface area contributed by atoms with Gasteiger partial charge in [0.15, 0.2) is 0 Å². The molecule has 0 aromatic heterocycles. The maximum atomic E-state index is 2.45. The molecule has 0 radical (unpaired) electrons. The van der Waals surface area contributed by atoms with Crippen LogP contribution in [-0.2, 0) is 0 Å². The van der Waals surface area contributed by atoms with Crippen LogP contribution < -0.4 is 0 Å². The second-order valence-electron chi connectivity index (χ2n) is 5.38. The fourth-order valence-electron chi connectivity index (χ4n) is 2.71. The first-order chi connectivity index (χ1) is 8.85. The molecule has 1 aromatic rings. The lowest BCUT2D eigenvalue weighted by molar-refractivity contribution is 0.376. The highest BCUT2D eigenvalue weighted by atomic mass is 14.3. The normalized spacial score (nSPS) is 23.6. The van der Waals surface area contributed by atoms with Gasteiger partial charge in [0.25, 0.3) is 0 Å². The Hall–Kier alpha value is -1.30. The smallest absolute Gasteiger partial charge is 0.00643 e. The van der Waals surface area contributed by atoms with E-state index in [9.17, 15) is 0 Å². The van der Waals surface area contributed by atoms with Gasteiger partial charge in [0.1, 0.15) is 0 Å². The summed E-state index contributed by atoms with van der Waals surface area (Å²) in [6.45, 7) is 2.28. The number of rotatable bonds is 5. The van der Waals surface area contributed by atoms with Crippen molar-refractivity contribution in [1.82, 2.24) is 0 Å². The van der Waals surface area contributed by atoms with Gasteiger partial charge >= 0.3 is 0 Å². The van der Waals surface area contributed by atoms with Gasteiger partial charge in [-0.15, -0.1) is 0 Å². The van der Waals surface area contributed by atoms with E-state index in [0.29, 0.717) is 5.41 Å². The molecule has 0 amide bonds. The molecular formula is C18H24. The highest BCUT2D eigenvalue weighted by molar-refractivity contribution is 5.50. The molecule has 0 N–H and O–H groups in total. The average molecular weight is 240 g/mol. The van der Waals surface area contributed by atoms with Crippen molar-refractivity contribution in [2.24, 2.45) is 5.41 Å². The van der Waals surface area contributed by atoms with Crippen molar-refractivity contribution < 1.29 is 0 Å². The summed E-state index contributed by atoms with van der Waals surface area (Å²) < 4.78 is 0. The van der Waals surface area contributed by atoms with Crippen molar-refractivity contribution >= 4 is 6.08 Å². The molecule has 0 heterocycles. The van der Waals surface area contributed by atoms with Crippen LogP contribution in [0.3, 0.4) is 0 Å². The van der Waals surface area contributed by atoms with Crippen molar-refractivity contribution in [2.75, 3.05) is 0 Å². The Balaban J connectivity index is 2.12. The quantitative estimate of drug-likeness (QED) is 0.586. The topological polar surface area (TPSA) is 0 Å². The van der Waals surface area contributed by atoms with Gasteiger partial charge in [-0.1, -0.05) is 74.4 Å². The zero-order chi connectivity index (χ0) is 12.7. The zero-order valence-electron chi connectivity index (χ0n) is 11.4. The van der Waals surface area contributed by atoms with E-state index in [0.717, 1.165) is 0 Å². The first kappa shape index (κ1) is 13.1. The number of unbranched alkanes of at least 4 members (excludes halogenated alkanes) is 1. The van der Waals surface area contributed by atoms with E-state index in [1.165, 1.54) is 44.1 Å². The molecule has 1 unspecified atom stereocenters. The number of hydrogen-bond donors (Lipinski definition) is 0. The summed E-state index contributed by atoms with van der Waals surface area (Å²) in [6.07, 6.45) is 17.4. The van der Waals surface area contributed by atoms with E-state index in [1.807, 2.05) is 0 Å². The molecule has 96 valence electrons. The van der Waals surface area contributed by atoms with Crippen LogP contribution in [0.25, 0.3) is 6.08 Å². The Bertz CT molecular complexity index is 399. The molecule has 1 aliphatic carbocycles. The van der Waals surface area contributed by atoms with Gasteiger partial charge in [-0.2, -0.15) is 0 Å². The maximum Gasteiger partial charge on any atom is 0.00643 e. The van der Waals surface area contributed by atoms with Crippen molar-refractivity contribution in [3.8, 4) is 0 Å². The van der Waals surface area contributed by atoms with Crippen LogP contribution in [0.4, 0.5) is 0 Å². The van der Waals surface area contributed by atoms with E-state index in [-0.39, 0.29) is 0 Å². The van der Waals surface area contributed by atoms with Crippen LogP contribution in [0.1, 0.15) is 51.0 Å². The Morgan fingerprint density at radius 3 is 2.72 bits per heavy atom. The number of hydrogen-bond acceptors (Lipinski definition) is 0. The van der Waals surface area contributed by atoms with Crippen LogP contribution >= 0.6 is 0 Å². The number of benzene rings is 1. The minimum absolute atomic E-state index is 0.324. The van der Waals surface area contributed by atoms with Crippen molar-refractivity contribution in [1.29, 1.82) is 0 Å². The van der Waals surface area contributed by atoms with Crippen LogP contribution in [0.15, 0.2) is 48.6 Å². The molecule has 0 spiro atoms. The first-order valence-electron chi connectivity index (χ1n) is 7.27. The molecule has 0 fully saturated rings. The van der Waals surface area contributed by atoms with Crippen LogP contribution in [0.2, 0.25) is 0 Å². The highest BCUT2D eigenvalue weighted by Crippen LogP contribution is 2.38. The minimum Gasteiger partial charge on any atom is -0.0877 e. The fourth-order valence-corrected chi connectivity index (χ4v) is 2.71. The summed E-state index contributed by atoms with van der Waals surface area (Å²) in [7, 11) is 0. The molecule has 1 aromatic carbocycles. The van der Waals surface area contributed by atoms with Gasteiger partial charge < -0.3 is 0 Å². The third-order valence-corrected chi connectivity index (χ3v) is 3.87. The first-order valence-corrected chi connectivity index (χ1v) is 7.27. The Morgan fingerprint density at radius 1 is 1.22 bits per heavy atom. The second-order valence-corrected chi connectivity index (χ2v) is 5.38. The molecule has 1 aliphatic rings. The van der Waals surface area contributed by atoms with Gasteiger partial charge in [-0.25, -0.2) is 0 Å². The molecule has 18 heavy (non-hydrogen) atoms. The van der Waals surface area contributed by atoms with E-state index in [1.54, 1.807) is 0 Å². The molecule has 0 saturated heterocycles. The third-order valence-electron chi connectivity index (χ3n) is 3.87. The maximum absolute atomic E-state index is 2.45. The summed E-state index contributed by atoms with van der Waals surface area (Å²) in [5.41, 5.74) is 1.64. The van der Waals surface area contributed by atoms with Crippen molar-refractivity contribution in [2.45, 2.75) is 45.4 Å². The molecule has 0 nitrogen and oxygen atoms in total. The van der Waals surface area contributed by atoms with Crippen LogP contribution in [-0.4, -0.2) is 0 Å². The molecule has 0 aliphatic heterocycles. The van der Waals surface area contributed by atoms with E-state index in [2.05, 4.69) is 61.6 Å². The summed E-state index contributed by atoms with van der Waals surface area (Å²) in [5.74, 6) is 0. The summed E-state index contributed by atoms with van der Waals surface area (Å²) in [4.78, 5) is 0. The fraction of sp³-hybridized carbons (Fsp3) is 0.444. The lowest BCUT2D eigenvalue weighted by Gasteiger charge is -2.30. The van der Waals surface area contributed by atoms with Gasteiger partial charge in [0.05, 0.1) is 0 Å². The largest absolute Gasteiger partial charge is 0.0877 e. The molecule has 2 rings (SSSR count). The SMILES string of the molecule is CCCCC1(/C=C/c2ccccc2)C=CCCC1. The van der Waals surface area contributed by atoms with Gasteiger partial charge in [0.2, 0.25) is 0 Å². The molecule has 0 heteroatoms. The third kappa shape index (κ3) is 3.60. The summed E-state index contributed by atoms with van der Waals surface area (Å²) >= 11 is 0. The Morgan fingerprint density at radius 2 is 2.06 bits per heavy atom. The minimum atomic E-state index is 0.324. The van der Waals surface area contributed by atoms with Gasteiger partial charge in [-0.3, -0.25) is 0 Å². The van der Waals surface area contributed by atoms with Gasteiger partial charge in [0, 0.05) is 5.41 Å². The van der Waals surface area contributed by atoms with Crippen molar-refractivity contribution in [3.63, 3.8) is 0 Å². The average Bonchev–Trinajstić information content (AvgIpc) is 2.45. The zero-order valence-corrected chi connectivity index (χ0v) is 11.4. The number of allylic oxidation sites excluding steroid dienone is 3. The van der Waals surface area contributed by atoms with E-state index >= 15 is 0 Å². The lowest BCUT2D eigenvalue weighted by Crippen LogP contribution is -2.17. The van der Waals surface area contributed by atoms with E-state index < -0.39 is 0 Å². The predicted octanol–water partition coefficient (Wildman–Crippen LogP) is 5.62. The van der Waals surface area contributed by atoms with Crippen LogP contribution in [0, 0.1) is 5.41 Å². The Kier molecular flexibility index (Phi) is 4.81. The van der Waals surface area contributed by atoms with Crippen molar-refractivity contribution in [3.05, 3.63) is 54.1 Å².